The quantitative estimate of drug-likeness (QED) is 0.734. The number of nitriles is 1. The maximum absolute atomic E-state index is 11.6. The lowest BCUT2D eigenvalue weighted by molar-refractivity contribution is 0.101. The van der Waals surface area contributed by atoms with Crippen molar-refractivity contribution in [3.05, 3.63) is 59.4 Å². The average molecular weight is 318 g/mol. The molecular formula is C18H14N4O2. The van der Waals surface area contributed by atoms with E-state index in [-0.39, 0.29) is 22.8 Å². The summed E-state index contributed by atoms with van der Waals surface area (Å²) in [7, 11) is 0. The number of aryl methyl sites for hydroxylation is 1. The van der Waals surface area contributed by atoms with E-state index in [1.165, 1.54) is 6.92 Å². The van der Waals surface area contributed by atoms with Crippen LogP contribution in [0.4, 0.5) is 11.7 Å². The molecule has 1 aromatic carbocycles. The SMILES string of the molecule is CC(=O)c1c(C)oc(Nc2ccc(-c3ccccc3)nn2)c1C#N. The van der Waals surface area contributed by atoms with Crippen molar-refractivity contribution in [2.24, 2.45) is 0 Å². The number of carbonyl (C=O) groups is 1. The lowest BCUT2D eigenvalue weighted by Gasteiger charge is -2.03. The molecule has 0 saturated carbocycles. The minimum absolute atomic E-state index is 0.175. The first kappa shape index (κ1) is 15.4. The molecule has 6 heteroatoms. The molecule has 0 fully saturated rings. The standard InChI is InChI=1S/C18H14N4O2/c1-11(23)17-12(2)24-18(14(17)10-19)20-16-9-8-15(21-22-16)13-6-4-3-5-7-13/h3-9H,1-2H3,(H,20,22). The second kappa shape index (κ2) is 6.34. The number of aromatic nitrogens is 2. The number of ketones is 1. The molecule has 0 aliphatic heterocycles. The fourth-order valence-corrected chi connectivity index (χ4v) is 2.44. The van der Waals surface area contributed by atoms with Gasteiger partial charge in [-0.25, -0.2) is 0 Å². The largest absolute Gasteiger partial charge is 0.443 e. The number of rotatable bonds is 4. The monoisotopic (exact) mass is 318 g/mol. The lowest BCUT2D eigenvalue weighted by Crippen LogP contribution is -1.99. The molecular weight excluding hydrogens is 304 g/mol. The number of nitrogens with zero attached hydrogens (tertiary/aromatic N) is 3. The maximum atomic E-state index is 11.6. The van der Waals surface area contributed by atoms with Crippen molar-refractivity contribution in [1.29, 1.82) is 5.26 Å². The van der Waals surface area contributed by atoms with Crippen LogP contribution in [-0.2, 0) is 0 Å². The van der Waals surface area contributed by atoms with Crippen molar-refractivity contribution in [2.45, 2.75) is 13.8 Å². The van der Waals surface area contributed by atoms with E-state index in [2.05, 4.69) is 15.5 Å². The van der Waals surface area contributed by atoms with Gasteiger partial charge in [-0.1, -0.05) is 30.3 Å². The van der Waals surface area contributed by atoms with Gasteiger partial charge in [-0.3, -0.25) is 4.79 Å². The molecule has 2 heterocycles. The van der Waals surface area contributed by atoms with Gasteiger partial charge in [0.1, 0.15) is 17.4 Å². The van der Waals surface area contributed by atoms with Crippen molar-refractivity contribution < 1.29 is 9.21 Å². The number of hydrogen-bond donors (Lipinski definition) is 1. The fraction of sp³-hybridized carbons (Fsp3) is 0.111. The molecule has 3 rings (SSSR count). The predicted octanol–water partition coefficient (Wildman–Crippen LogP) is 3.86. The average Bonchev–Trinajstić information content (AvgIpc) is 2.91. The molecule has 24 heavy (non-hydrogen) atoms. The van der Waals surface area contributed by atoms with Gasteiger partial charge in [0.15, 0.2) is 11.6 Å². The van der Waals surface area contributed by atoms with E-state index in [1.807, 2.05) is 42.5 Å². The third-order valence-electron chi connectivity index (χ3n) is 3.52. The number of anilines is 2. The van der Waals surface area contributed by atoms with Crippen LogP contribution < -0.4 is 5.32 Å². The minimum Gasteiger partial charge on any atom is -0.443 e. The van der Waals surface area contributed by atoms with E-state index in [0.29, 0.717) is 11.6 Å². The van der Waals surface area contributed by atoms with Crippen LogP contribution in [0.3, 0.4) is 0 Å². The fourth-order valence-electron chi connectivity index (χ4n) is 2.44. The van der Waals surface area contributed by atoms with Crippen molar-refractivity contribution in [3.63, 3.8) is 0 Å². The number of furan rings is 1. The molecule has 0 amide bonds. The van der Waals surface area contributed by atoms with Gasteiger partial charge >= 0.3 is 0 Å². The van der Waals surface area contributed by atoms with E-state index in [9.17, 15) is 10.1 Å². The van der Waals surface area contributed by atoms with Gasteiger partial charge in [-0.15, -0.1) is 10.2 Å². The summed E-state index contributed by atoms with van der Waals surface area (Å²) < 4.78 is 5.49. The number of benzene rings is 1. The Morgan fingerprint density at radius 1 is 1.17 bits per heavy atom. The highest BCUT2D eigenvalue weighted by Gasteiger charge is 2.21. The van der Waals surface area contributed by atoms with Gasteiger partial charge in [0, 0.05) is 5.56 Å². The Kier molecular flexibility index (Phi) is 4.08. The van der Waals surface area contributed by atoms with Crippen LogP contribution in [-0.4, -0.2) is 16.0 Å². The Bertz CT molecular complexity index is 922. The normalized spacial score (nSPS) is 10.2. The number of carbonyl (C=O) groups excluding carboxylic acids is 1. The van der Waals surface area contributed by atoms with Gasteiger partial charge in [0.05, 0.1) is 11.3 Å². The highest BCUT2D eigenvalue weighted by Crippen LogP contribution is 2.29. The summed E-state index contributed by atoms with van der Waals surface area (Å²) in [6.45, 7) is 3.05. The molecule has 6 nitrogen and oxygen atoms in total. The van der Waals surface area contributed by atoms with Crippen LogP contribution in [0.2, 0.25) is 0 Å². The van der Waals surface area contributed by atoms with Gasteiger partial charge in [0.25, 0.3) is 0 Å². The van der Waals surface area contributed by atoms with E-state index < -0.39 is 0 Å². The van der Waals surface area contributed by atoms with Gasteiger partial charge in [-0.05, 0) is 26.0 Å². The third-order valence-corrected chi connectivity index (χ3v) is 3.52. The van der Waals surface area contributed by atoms with Gasteiger partial charge < -0.3 is 9.73 Å². The van der Waals surface area contributed by atoms with Crippen molar-refractivity contribution in [2.75, 3.05) is 5.32 Å². The van der Waals surface area contributed by atoms with E-state index >= 15 is 0 Å². The minimum atomic E-state index is -0.216. The first-order chi connectivity index (χ1) is 11.6. The Morgan fingerprint density at radius 2 is 1.92 bits per heavy atom. The lowest BCUT2D eigenvalue weighted by atomic mass is 10.1. The molecule has 0 bridgehead atoms. The van der Waals surface area contributed by atoms with Crippen molar-refractivity contribution >= 4 is 17.5 Å². The Balaban J connectivity index is 1.89. The molecule has 2 aromatic heterocycles. The van der Waals surface area contributed by atoms with Crippen LogP contribution in [0.1, 0.15) is 28.6 Å². The van der Waals surface area contributed by atoms with E-state index in [1.54, 1.807) is 13.0 Å². The van der Waals surface area contributed by atoms with Crippen LogP contribution in [0, 0.1) is 18.3 Å². The Hall–Kier alpha value is -3.46. The number of Topliss-reactive ketones (excluding diaryl/α,β-unsaturated/α-hetero) is 1. The topological polar surface area (TPSA) is 91.8 Å². The van der Waals surface area contributed by atoms with Crippen LogP contribution in [0.25, 0.3) is 11.3 Å². The highest BCUT2D eigenvalue weighted by atomic mass is 16.4. The van der Waals surface area contributed by atoms with Crippen LogP contribution in [0.5, 0.6) is 0 Å². The summed E-state index contributed by atoms with van der Waals surface area (Å²) in [5.41, 5.74) is 2.16. The number of nitrogens with one attached hydrogen (secondary N) is 1. The summed E-state index contributed by atoms with van der Waals surface area (Å²) >= 11 is 0. The van der Waals surface area contributed by atoms with E-state index in [0.717, 1.165) is 11.3 Å². The predicted molar refractivity (Wildman–Crippen MR) is 88.9 cm³/mol. The molecule has 0 aliphatic carbocycles. The second-order valence-electron chi connectivity index (χ2n) is 5.20. The smallest absolute Gasteiger partial charge is 0.217 e. The third kappa shape index (κ3) is 2.88. The Morgan fingerprint density at radius 3 is 2.50 bits per heavy atom. The highest BCUT2D eigenvalue weighted by molar-refractivity contribution is 5.99. The van der Waals surface area contributed by atoms with Crippen molar-refractivity contribution in [3.8, 4) is 17.3 Å². The van der Waals surface area contributed by atoms with Gasteiger partial charge in [0.2, 0.25) is 5.88 Å². The summed E-state index contributed by atoms with van der Waals surface area (Å²) in [6.07, 6.45) is 0. The van der Waals surface area contributed by atoms with Crippen LogP contribution in [0.15, 0.2) is 46.9 Å². The molecule has 3 aromatic rings. The zero-order chi connectivity index (χ0) is 17.1. The molecule has 0 spiro atoms. The second-order valence-corrected chi connectivity index (χ2v) is 5.20. The zero-order valence-electron chi connectivity index (χ0n) is 13.2. The Labute approximate surface area is 138 Å². The first-order valence-corrected chi connectivity index (χ1v) is 7.30. The summed E-state index contributed by atoms with van der Waals surface area (Å²) in [5, 5.41) is 20.5. The molecule has 1 N–H and O–H groups in total. The number of hydrogen-bond acceptors (Lipinski definition) is 6. The maximum Gasteiger partial charge on any atom is 0.217 e. The molecule has 0 saturated heterocycles. The van der Waals surface area contributed by atoms with Gasteiger partial charge in [-0.2, -0.15) is 5.26 Å². The molecule has 0 radical (unpaired) electrons. The summed E-state index contributed by atoms with van der Waals surface area (Å²) in [4.78, 5) is 11.6. The molecule has 118 valence electrons. The molecule has 0 atom stereocenters. The van der Waals surface area contributed by atoms with E-state index in [4.69, 9.17) is 4.42 Å². The molecule has 0 unspecified atom stereocenters. The van der Waals surface area contributed by atoms with Crippen molar-refractivity contribution in [1.82, 2.24) is 10.2 Å². The summed E-state index contributed by atoms with van der Waals surface area (Å²) in [6, 6.07) is 15.2. The van der Waals surface area contributed by atoms with Crippen LogP contribution >= 0.6 is 0 Å². The molecule has 0 aliphatic rings. The zero-order valence-corrected chi connectivity index (χ0v) is 13.2. The summed E-state index contributed by atoms with van der Waals surface area (Å²) in [5.74, 6) is 0.804. The first-order valence-electron chi connectivity index (χ1n) is 7.30.